The van der Waals surface area contributed by atoms with Gasteiger partial charge in [0.1, 0.15) is 5.69 Å². The molecular formula is C19H27IN4O. The average molecular weight is 454 g/mol. The van der Waals surface area contributed by atoms with Crippen molar-refractivity contribution < 1.29 is 4.52 Å². The summed E-state index contributed by atoms with van der Waals surface area (Å²) in [6.07, 6.45) is 4.01. The lowest BCUT2D eigenvalue weighted by Gasteiger charge is -2.21. The van der Waals surface area contributed by atoms with E-state index in [1.807, 2.05) is 49.5 Å². The van der Waals surface area contributed by atoms with E-state index in [2.05, 4.69) is 33.9 Å². The third-order valence-electron chi connectivity index (χ3n) is 3.61. The van der Waals surface area contributed by atoms with Crippen molar-refractivity contribution in [2.24, 2.45) is 4.99 Å². The number of hydrogen-bond acceptors (Lipinski definition) is 3. The monoisotopic (exact) mass is 454 g/mol. The smallest absolute Gasteiger partial charge is 0.194 e. The number of allylic oxidation sites excluding steroid dienone is 1. The summed E-state index contributed by atoms with van der Waals surface area (Å²) in [6, 6.07) is 11.9. The van der Waals surface area contributed by atoms with E-state index in [4.69, 9.17) is 4.52 Å². The number of aliphatic imine (C=N–C) groups is 1. The molecule has 0 saturated heterocycles. The van der Waals surface area contributed by atoms with Crippen molar-refractivity contribution in [3.8, 4) is 11.3 Å². The number of guanidine groups is 1. The summed E-state index contributed by atoms with van der Waals surface area (Å²) in [5, 5.41) is 7.43. The zero-order valence-corrected chi connectivity index (χ0v) is 17.3. The van der Waals surface area contributed by atoms with Crippen LogP contribution >= 0.6 is 24.0 Å². The van der Waals surface area contributed by atoms with Gasteiger partial charge in [0.15, 0.2) is 11.7 Å². The molecule has 0 bridgehead atoms. The summed E-state index contributed by atoms with van der Waals surface area (Å²) >= 11 is 0. The number of nitrogens with zero attached hydrogens (tertiary/aromatic N) is 3. The van der Waals surface area contributed by atoms with Gasteiger partial charge in [0.2, 0.25) is 0 Å². The highest BCUT2D eigenvalue weighted by atomic mass is 127. The molecule has 0 aliphatic carbocycles. The fourth-order valence-electron chi connectivity index (χ4n) is 2.33. The molecule has 0 spiro atoms. The van der Waals surface area contributed by atoms with E-state index < -0.39 is 0 Å². The molecule has 6 heteroatoms. The summed E-state index contributed by atoms with van der Waals surface area (Å²) in [5.74, 6) is 1.65. The molecule has 25 heavy (non-hydrogen) atoms. The lowest BCUT2D eigenvalue weighted by Crippen LogP contribution is -2.39. The lowest BCUT2D eigenvalue weighted by molar-refractivity contribution is 0.423. The Bertz CT molecular complexity index is 654. The van der Waals surface area contributed by atoms with Gasteiger partial charge in [-0.2, -0.15) is 0 Å². The molecule has 5 nitrogen and oxygen atoms in total. The first kappa shape index (κ1) is 21.2. The maximum absolute atomic E-state index is 5.42. The molecule has 0 unspecified atom stereocenters. The predicted molar refractivity (Wildman–Crippen MR) is 114 cm³/mol. The molecule has 0 saturated carbocycles. The zero-order chi connectivity index (χ0) is 17.2. The van der Waals surface area contributed by atoms with Gasteiger partial charge in [0.05, 0.1) is 6.54 Å². The van der Waals surface area contributed by atoms with Gasteiger partial charge in [-0.05, 0) is 19.8 Å². The van der Waals surface area contributed by atoms with Crippen LogP contribution in [0, 0.1) is 0 Å². The van der Waals surface area contributed by atoms with Crippen LogP contribution in [0.2, 0.25) is 0 Å². The Labute approximate surface area is 167 Å². The Morgan fingerprint density at radius 3 is 2.80 bits per heavy atom. The zero-order valence-electron chi connectivity index (χ0n) is 14.9. The summed E-state index contributed by atoms with van der Waals surface area (Å²) in [4.78, 5) is 6.78. The van der Waals surface area contributed by atoms with Crippen LogP contribution in [0.25, 0.3) is 11.3 Å². The van der Waals surface area contributed by atoms with Gasteiger partial charge in [-0.15, -0.1) is 30.6 Å². The van der Waals surface area contributed by atoms with Gasteiger partial charge in [-0.3, -0.25) is 0 Å². The number of benzene rings is 1. The van der Waals surface area contributed by atoms with Gasteiger partial charge in [0.25, 0.3) is 0 Å². The molecule has 0 fully saturated rings. The van der Waals surface area contributed by atoms with Crippen LogP contribution in [0.15, 0.2) is 58.6 Å². The number of rotatable bonds is 8. The van der Waals surface area contributed by atoms with E-state index >= 15 is 0 Å². The van der Waals surface area contributed by atoms with Crippen molar-refractivity contribution in [1.82, 2.24) is 15.4 Å². The van der Waals surface area contributed by atoms with Crippen LogP contribution in [0.4, 0.5) is 0 Å². The first-order chi connectivity index (χ1) is 11.7. The predicted octanol–water partition coefficient (Wildman–Crippen LogP) is 4.32. The largest absolute Gasteiger partial charge is 0.357 e. The van der Waals surface area contributed by atoms with Crippen molar-refractivity contribution in [3.63, 3.8) is 0 Å². The van der Waals surface area contributed by atoms with Crippen molar-refractivity contribution >= 4 is 29.9 Å². The number of unbranched alkanes of at least 4 members (excludes halogenated alkanes) is 1. The van der Waals surface area contributed by atoms with E-state index in [0.717, 1.165) is 48.9 Å². The molecule has 0 atom stereocenters. The molecule has 0 radical (unpaired) electrons. The molecule has 0 aliphatic rings. The van der Waals surface area contributed by atoms with E-state index in [1.54, 1.807) is 0 Å². The van der Waals surface area contributed by atoms with Crippen LogP contribution in [-0.4, -0.2) is 36.2 Å². The van der Waals surface area contributed by atoms with Gasteiger partial charge >= 0.3 is 0 Å². The average Bonchev–Trinajstić information content (AvgIpc) is 3.08. The summed E-state index contributed by atoms with van der Waals surface area (Å²) in [5.41, 5.74) is 1.84. The maximum atomic E-state index is 5.42. The molecule has 136 valence electrons. The molecule has 0 aliphatic heterocycles. The third kappa shape index (κ3) is 6.89. The van der Waals surface area contributed by atoms with Crippen LogP contribution < -0.4 is 5.32 Å². The van der Waals surface area contributed by atoms with E-state index in [-0.39, 0.29) is 24.0 Å². The highest BCUT2D eigenvalue weighted by Gasteiger charge is 2.08. The Balaban J connectivity index is 0.00000312. The summed E-state index contributed by atoms with van der Waals surface area (Å²) in [6.45, 7) is 8.08. The fraction of sp³-hybridized carbons (Fsp3) is 0.368. The van der Waals surface area contributed by atoms with Gasteiger partial charge in [0, 0.05) is 31.8 Å². The van der Waals surface area contributed by atoms with Crippen molar-refractivity contribution in [1.29, 1.82) is 0 Å². The minimum Gasteiger partial charge on any atom is -0.357 e. The van der Waals surface area contributed by atoms with E-state index in [1.165, 1.54) is 0 Å². The SMILES string of the molecule is C=CCCCN(C)C(=NCc1cc(-c2ccccc2)on1)NCC.I. The molecule has 2 rings (SSSR count). The Morgan fingerprint density at radius 2 is 2.12 bits per heavy atom. The molecule has 0 amide bonds. The third-order valence-corrected chi connectivity index (χ3v) is 3.61. The standard InChI is InChI=1S/C19H26N4O.HI/c1-4-6-10-13-23(3)19(20-5-2)21-15-17-14-18(24-22-17)16-11-8-7-9-12-16;/h4,7-9,11-12,14H,1,5-6,10,13,15H2,2-3H3,(H,20,21);1H. The number of nitrogens with one attached hydrogen (secondary N) is 1. The quantitative estimate of drug-likeness (QED) is 0.212. The fourth-order valence-corrected chi connectivity index (χ4v) is 2.33. The van der Waals surface area contributed by atoms with Crippen LogP contribution in [0.3, 0.4) is 0 Å². The Morgan fingerprint density at radius 1 is 1.36 bits per heavy atom. The molecule has 1 aromatic carbocycles. The number of halogens is 1. The second-order valence-corrected chi connectivity index (χ2v) is 5.57. The molecule has 1 aromatic heterocycles. The maximum Gasteiger partial charge on any atom is 0.194 e. The van der Waals surface area contributed by atoms with Gasteiger partial charge in [-0.1, -0.05) is 41.6 Å². The topological polar surface area (TPSA) is 53.7 Å². The van der Waals surface area contributed by atoms with Crippen molar-refractivity contribution in [3.05, 3.63) is 54.7 Å². The van der Waals surface area contributed by atoms with Gasteiger partial charge < -0.3 is 14.7 Å². The van der Waals surface area contributed by atoms with Crippen LogP contribution in [-0.2, 0) is 6.54 Å². The first-order valence-corrected chi connectivity index (χ1v) is 8.36. The second kappa shape index (κ2) is 11.7. The second-order valence-electron chi connectivity index (χ2n) is 5.57. The minimum absolute atomic E-state index is 0. The molecule has 1 heterocycles. The highest BCUT2D eigenvalue weighted by molar-refractivity contribution is 14.0. The normalized spacial score (nSPS) is 10.9. The Hall–Kier alpha value is -1.83. The number of aromatic nitrogens is 1. The van der Waals surface area contributed by atoms with Crippen molar-refractivity contribution in [2.75, 3.05) is 20.1 Å². The van der Waals surface area contributed by atoms with E-state index in [9.17, 15) is 0 Å². The van der Waals surface area contributed by atoms with E-state index in [0.29, 0.717) is 6.54 Å². The van der Waals surface area contributed by atoms with Crippen molar-refractivity contribution in [2.45, 2.75) is 26.3 Å². The van der Waals surface area contributed by atoms with Gasteiger partial charge in [-0.25, -0.2) is 4.99 Å². The Kier molecular flexibility index (Phi) is 9.91. The minimum atomic E-state index is 0. The number of hydrogen-bond donors (Lipinski definition) is 1. The van der Waals surface area contributed by atoms with Crippen LogP contribution in [0.5, 0.6) is 0 Å². The summed E-state index contributed by atoms with van der Waals surface area (Å²) in [7, 11) is 2.04. The highest BCUT2D eigenvalue weighted by Crippen LogP contribution is 2.19. The van der Waals surface area contributed by atoms with Crippen LogP contribution in [0.1, 0.15) is 25.5 Å². The molecule has 2 aromatic rings. The molecular weight excluding hydrogens is 427 g/mol. The molecule has 1 N–H and O–H groups in total. The lowest BCUT2D eigenvalue weighted by atomic mass is 10.2. The first-order valence-electron chi connectivity index (χ1n) is 8.36. The summed E-state index contributed by atoms with van der Waals surface area (Å²) < 4.78 is 5.42.